The number of benzene rings is 2. The minimum Gasteiger partial charge on any atom is -0.492 e. The van der Waals surface area contributed by atoms with Crippen LogP contribution >= 0.6 is 11.6 Å². The summed E-state index contributed by atoms with van der Waals surface area (Å²) in [5.74, 6) is 0.641. The quantitative estimate of drug-likeness (QED) is 0.772. The summed E-state index contributed by atoms with van der Waals surface area (Å²) in [6.45, 7) is 4.87. The van der Waals surface area contributed by atoms with Gasteiger partial charge in [-0.1, -0.05) is 24.6 Å². The van der Waals surface area contributed by atoms with Crippen LogP contribution in [0.25, 0.3) is 0 Å². The van der Waals surface area contributed by atoms with Gasteiger partial charge in [-0.15, -0.1) is 0 Å². The Hall–Kier alpha value is -2.20. The second-order valence-electron chi connectivity index (χ2n) is 5.23. The number of carbonyl (C=O) groups excluding carboxylic acids is 1. The van der Waals surface area contributed by atoms with Crippen molar-refractivity contribution >= 4 is 28.9 Å². The molecule has 0 aliphatic heterocycles. The van der Waals surface area contributed by atoms with Crippen molar-refractivity contribution in [1.29, 1.82) is 0 Å². The van der Waals surface area contributed by atoms with Crippen LogP contribution in [0.5, 0.6) is 5.75 Å². The number of carbonyl (C=O) groups is 1. The van der Waals surface area contributed by atoms with Crippen LogP contribution in [0, 0.1) is 0 Å². The van der Waals surface area contributed by atoms with Crippen LogP contribution in [0.1, 0.15) is 25.8 Å². The average Bonchev–Trinajstić information content (AvgIpc) is 2.53. The van der Waals surface area contributed by atoms with Gasteiger partial charge in [0.1, 0.15) is 5.75 Å². The fraction of sp³-hybridized carbons (Fsp3) is 0.278. The molecule has 0 aliphatic rings. The van der Waals surface area contributed by atoms with Crippen molar-refractivity contribution in [3.63, 3.8) is 0 Å². The van der Waals surface area contributed by atoms with Crippen LogP contribution in [-0.4, -0.2) is 12.5 Å². The highest BCUT2D eigenvalue weighted by atomic mass is 35.5. The van der Waals surface area contributed by atoms with Crippen LogP contribution in [0.4, 0.5) is 11.4 Å². The van der Waals surface area contributed by atoms with E-state index >= 15 is 0 Å². The number of halogens is 1. The minimum atomic E-state index is -0.0780. The Morgan fingerprint density at radius 2 is 1.83 bits per heavy atom. The highest BCUT2D eigenvalue weighted by Gasteiger charge is 2.03. The lowest BCUT2D eigenvalue weighted by atomic mass is 10.2. The van der Waals surface area contributed by atoms with Gasteiger partial charge in [-0.25, -0.2) is 0 Å². The summed E-state index contributed by atoms with van der Waals surface area (Å²) < 4.78 is 5.56. The summed E-state index contributed by atoms with van der Waals surface area (Å²) in [6, 6.07) is 13.4. The predicted octanol–water partition coefficient (Wildman–Crippen LogP) is 4.70. The molecule has 0 spiro atoms. The maximum Gasteiger partial charge on any atom is 0.221 e. The molecule has 0 saturated heterocycles. The van der Waals surface area contributed by atoms with Gasteiger partial charge < -0.3 is 15.4 Å². The number of nitrogens with one attached hydrogen (secondary N) is 2. The molecule has 5 heteroatoms. The van der Waals surface area contributed by atoms with Gasteiger partial charge in [0.15, 0.2) is 0 Å². The average molecular weight is 333 g/mol. The Balaban J connectivity index is 1.92. The lowest BCUT2D eigenvalue weighted by Crippen LogP contribution is -2.05. The first-order valence-electron chi connectivity index (χ1n) is 7.61. The van der Waals surface area contributed by atoms with Gasteiger partial charge in [0.2, 0.25) is 5.91 Å². The standard InChI is InChI=1S/C18H21ClN2O2/c1-3-10-23-18-9-4-14(11-17(18)19)12-20-15-5-7-16(8-6-15)21-13(2)22/h4-9,11,20H,3,10,12H2,1-2H3,(H,21,22). The molecule has 0 saturated carbocycles. The fourth-order valence-electron chi connectivity index (χ4n) is 2.06. The summed E-state index contributed by atoms with van der Waals surface area (Å²) in [5, 5.41) is 6.68. The molecule has 2 aromatic carbocycles. The topological polar surface area (TPSA) is 50.4 Å². The van der Waals surface area contributed by atoms with Crippen LogP contribution in [0.15, 0.2) is 42.5 Å². The smallest absolute Gasteiger partial charge is 0.221 e. The Labute approximate surface area is 141 Å². The second-order valence-corrected chi connectivity index (χ2v) is 5.63. The van der Waals surface area contributed by atoms with E-state index < -0.39 is 0 Å². The van der Waals surface area contributed by atoms with Gasteiger partial charge in [0.25, 0.3) is 0 Å². The maximum atomic E-state index is 11.0. The zero-order valence-electron chi connectivity index (χ0n) is 13.4. The third kappa shape index (κ3) is 5.49. The summed E-state index contributed by atoms with van der Waals surface area (Å²) in [6.07, 6.45) is 0.952. The Kier molecular flexibility index (Phi) is 6.29. The molecule has 0 unspecified atom stereocenters. The second kappa shape index (κ2) is 8.44. The van der Waals surface area contributed by atoms with Crippen LogP contribution in [-0.2, 0) is 11.3 Å². The molecule has 0 atom stereocenters. The molecule has 122 valence electrons. The van der Waals surface area contributed by atoms with Crippen molar-refractivity contribution in [2.45, 2.75) is 26.8 Å². The van der Waals surface area contributed by atoms with Crippen molar-refractivity contribution in [2.75, 3.05) is 17.2 Å². The number of hydrogen-bond acceptors (Lipinski definition) is 3. The first kappa shape index (κ1) is 17.2. The molecule has 0 aromatic heterocycles. The first-order valence-corrected chi connectivity index (χ1v) is 7.99. The van der Waals surface area contributed by atoms with E-state index in [9.17, 15) is 4.79 Å². The summed E-state index contributed by atoms with van der Waals surface area (Å²) in [5.41, 5.74) is 2.83. The van der Waals surface area contributed by atoms with Gasteiger partial charge in [-0.2, -0.15) is 0 Å². The van der Waals surface area contributed by atoms with Crippen molar-refractivity contribution in [3.8, 4) is 5.75 Å². The van der Waals surface area contributed by atoms with E-state index in [0.29, 0.717) is 18.2 Å². The zero-order valence-corrected chi connectivity index (χ0v) is 14.1. The van der Waals surface area contributed by atoms with Gasteiger partial charge in [-0.05, 0) is 48.4 Å². The molecular weight excluding hydrogens is 312 g/mol. The third-order valence-corrected chi connectivity index (χ3v) is 3.46. The number of amides is 1. The van der Waals surface area contributed by atoms with Gasteiger partial charge in [-0.3, -0.25) is 4.79 Å². The van der Waals surface area contributed by atoms with E-state index in [2.05, 4.69) is 17.6 Å². The van der Waals surface area contributed by atoms with Crippen LogP contribution < -0.4 is 15.4 Å². The van der Waals surface area contributed by atoms with E-state index in [4.69, 9.17) is 16.3 Å². The van der Waals surface area contributed by atoms with Crippen LogP contribution in [0.2, 0.25) is 5.02 Å². The number of ether oxygens (including phenoxy) is 1. The maximum absolute atomic E-state index is 11.0. The monoisotopic (exact) mass is 332 g/mol. The minimum absolute atomic E-state index is 0.0780. The molecule has 1 amide bonds. The molecule has 2 N–H and O–H groups in total. The molecule has 2 aromatic rings. The Morgan fingerprint density at radius 1 is 1.13 bits per heavy atom. The van der Waals surface area contributed by atoms with E-state index in [1.54, 1.807) is 0 Å². The molecule has 0 aliphatic carbocycles. The SMILES string of the molecule is CCCOc1ccc(CNc2ccc(NC(C)=O)cc2)cc1Cl. The third-order valence-electron chi connectivity index (χ3n) is 3.16. The number of anilines is 2. The molecule has 23 heavy (non-hydrogen) atoms. The molecule has 2 rings (SSSR count). The van der Waals surface area contributed by atoms with E-state index in [-0.39, 0.29) is 5.91 Å². The van der Waals surface area contributed by atoms with Crippen molar-refractivity contribution in [3.05, 3.63) is 53.1 Å². The summed E-state index contributed by atoms with van der Waals surface area (Å²) >= 11 is 6.22. The normalized spacial score (nSPS) is 10.2. The Morgan fingerprint density at radius 3 is 2.43 bits per heavy atom. The summed E-state index contributed by atoms with van der Waals surface area (Å²) in [4.78, 5) is 11.0. The summed E-state index contributed by atoms with van der Waals surface area (Å²) in [7, 11) is 0. The van der Waals surface area contributed by atoms with E-state index in [1.807, 2.05) is 42.5 Å². The predicted molar refractivity (Wildman–Crippen MR) is 95.3 cm³/mol. The van der Waals surface area contributed by atoms with E-state index in [1.165, 1.54) is 6.92 Å². The Bertz CT molecular complexity index is 657. The van der Waals surface area contributed by atoms with Gasteiger partial charge in [0.05, 0.1) is 11.6 Å². The molecule has 0 fully saturated rings. The molecular formula is C18H21ClN2O2. The van der Waals surface area contributed by atoms with Gasteiger partial charge in [0, 0.05) is 24.8 Å². The largest absolute Gasteiger partial charge is 0.492 e. The lowest BCUT2D eigenvalue weighted by molar-refractivity contribution is -0.114. The highest BCUT2D eigenvalue weighted by Crippen LogP contribution is 2.26. The van der Waals surface area contributed by atoms with Gasteiger partial charge >= 0.3 is 0 Å². The lowest BCUT2D eigenvalue weighted by Gasteiger charge is -2.11. The molecule has 0 bridgehead atoms. The molecule has 4 nitrogen and oxygen atoms in total. The van der Waals surface area contributed by atoms with Crippen LogP contribution in [0.3, 0.4) is 0 Å². The first-order chi connectivity index (χ1) is 11.1. The zero-order chi connectivity index (χ0) is 16.7. The van der Waals surface area contributed by atoms with Crippen molar-refractivity contribution < 1.29 is 9.53 Å². The molecule has 0 radical (unpaired) electrons. The van der Waals surface area contributed by atoms with E-state index in [0.717, 1.165) is 29.1 Å². The number of hydrogen-bond donors (Lipinski definition) is 2. The molecule has 0 heterocycles. The number of rotatable bonds is 7. The van der Waals surface area contributed by atoms with Crippen molar-refractivity contribution in [2.24, 2.45) is 0 Å². The highest BCUT2D eigenvalue weighted by molar-refractivity contribution is 6.32. The fourth-order valence-corrected chi connectivity index (χ4v) is 2.32. The van der Waals surface area contributed by atoms with Crippen molar-refractivity contribution in [1.82, 2.24) is 0 Å².